The van der Waals surface area contributed by atoms with Crippen molar-refractivity contribution in [1.82, 2.24) is 4.90 Å². The number of halogens is 2. The molecule has 0 radical (unpaired) electrons. The van der Waals surface area contributed by atoms with E-state index in [2.05, 4.69) is 6.07 Å². The summed E-state index contributed by atoms with van der Waals surface area (Å²) in [7, 11) is 0. The second kappa shape index (κ2) is 9.70. The smallest absolute Gasteiger partial charge is 0.253 e. The Morgan fingerprint density at radius 3 is 2.53 bits per heavy atom. The summed E-state index contributed by atoms with van der Waals surface area (Å²) in [6.07, 6.45) is 1.45. The van der Waals surface area contributed by atoms with Crippen LogP contribution < -0.4 is 10.5 Å². The molecule has 2 atom stereocenters. The fraction of sp³-hybridized carbons (Fsp3) is 0.300. The fourth-order valence-electron chi connectivity index (χ4n) is 5.77. The van der Waals surface area contributed by atoms with E-state index >= 15 is 0 Å². The summed E-state index contributed by atoms with van der Waals surface area (Å²) in [5, 5.41) is 20.4. The first-order valence-corrected chi connectivity index (χ1v) is 13.5. The van der Waals surface area contributed by atoms with Crippen LogP contribution in [0, 0.1) is 0 Å². The number of rotatable bonds is 4. The number of likely N-dealkylation sites (tertiary alicyclic amines) is 1. The van der Waals surface area contributed by atoms with Crippen LogP contribution in [0.3, 0.4) is 0 Å². The van der Waals surface area contributed by atoms with Crippen LogP contribution in [0.2, 0.25) is 10.0 Å². The Labute approximate surface area is 231 Å². The zero-order valence-electron chi connectivity index (χ0n) is 20.7. The SMILES string of the molecule is NCc1ccc2c(c1)C1(CCN(C(=O)c3cc(Cl)c(Cl)c(-c4cccc(C5=CC(O)C5O)c4)c3)CC1)CO2. The van der Waals surface area contributed by atoms with Crippen molar-refractivity contribution in [3.05, 3.63) is 93.0 Å². The predicted octanol–water partition coefficient (Wildman–Crippen LogP) is 4.80. The summed E-state index contributed by atoms with van der Waals surface area (Å²) in [6, 6.07) is 17.0. The summed E-state index contributed by atoms with van der Waals surface area (Å²) >= 11 is 13.1. The monoisotopic (exact) mass is 550 g/mol. The van der Waals surface area contributed by atoms with Gasteiger partial charge in [-0.1, -0.05) is 53.5 Å². The lowest BCUT2D eigenvalue weighted by molar-refractivity contribution is 0.0646. The number of aliphatic hydroxyl groups excluding tert-OH is 2. The van der Waals surface area contributed by atoms with Crippen LogP contribution in [0.4, 0.5) is 0 Å². The predicted molar refractivity (Wildman–Crippen MR) is 149 cm³/mol. The molecule has 0 saturated carbocycles. The lowest BCUT2D eigenvalue weighted by Gasteiger charge is -2.38. The highest BCUT2D eigenvalue weighted by Crippen LogP contribution is 2.46. The second-order valence-corrected chi connectivity index (χ2v) is 11.1. The van der Waals surface area contributed by atoms with Gasteiger partial charge in [0.25, 0.3) is 5.91 Å². The molecule has 2 unspecified atom stereocenters. The van der Waals surface area contributed by atoms with Gasteiger partial charge in [-0.05, 0) is 65.4 Å². The Morgan fingerprint density at radius 1 is 1.05 bits per heavy atom. The van der Waals surface area contributed by atoms with Gasteiger partial charge >= 0.3 is 0 Å². The number of ether oxygens (including phenoxy) is 1. The van der Waals surface area contributed by atoms with Crippen molar-refractivity contribution in [3.63, 3.8) is 0 Å². The normalized spacial score (nSPS) is 21.5. The van der Waals surface area contributed by atoms with Crippen LogP contribution in [-0.2, 0) is 12.0 Å². The molecule has 3 aromatic rings. The van der Waals surface area contributed by atoms with Crippen LogP contribution in [0.5, 0.6) is 5.75 Å². The average molecular weight is 551 g/mol. The molecule has 38 heavy (non-hydrogen) atoms. The van der Waals surface area contributed by atoms with Crippen molar-refractivity contribution in [2.24, 2.45) is 5.73 Å². The van der Waals surface area contributed by atoms with Crippen molar-refractivity contribution >= 4 is 34.7 Å². The van der Waals surface area contributed by atoms with Crippen LogP contribution in [0.1, 0.15) is 39.9 Å². The van der Waals surface area contributed by atoms with Gasteiger partial charge in [0.1, 0.15) is 18.0 Å². The van der Waals surface area contributed by atoms with E-state index in [-0.39, 0.29) is 11.3 Å². The Morgan fingerprint density at radius 2 is 1.82 bits per heavy atom. The molecule has 0 bridgehead atoms. The number of nitrogens with zero attached hydrogens (tertiary/aromatic N) is 1. The van der Waals surface area contributed by atoms with E-state index in [9.17, 15) is 15.0 Å². The molecule has 6 nitrogen and oxygen atoms in total. The number of carbonyl (C=O) groups excluding carboxylic acids is 1. The van der Waals surface area contributed by atoms with Gasteiger partial charge in [-0.15, -0.1) is 0 Å². The number of fused-ring (bicyclic) bond motifs is 2. The number of hydrogen-bond acceptors (Lipinski definition) is 5. The summed E-state index contributed by atoms with van der Waals surface area (Å²) in [6.45, 7) is 2.31. The maximum Gasteiger partial charge on any atom is 0.253 e. The highest BCUT2D eigenvalue weighted by Gasteiger charge is 2.44. The molecule has 1 saturated heterocycles. The molecule has 1 amide bonds. The molecule has 6 rings (SSSR count). The minimum absolute atomic E-state index is 0.0917. The van der Waals surface area contributed by atoms with Crippen molar-refractivity contribution in [2.45, 2.75) is 37.0 Å². The van der Waals surface area contributed by atoms with E-state index < -0.39 is 12.2 Å². The minimum Gasteiger partial charge on any atom is -0.492 e. The molecule has 1 aliphatic carbocycles. The fourth-order valence-corrected chi connectivity index (χ4v) is 6.20. The molecule has 0 aromatic heterocycles. The largest absolute Gasteiger partial charge is 0.492 e. The van der Waals surface area contributed by atoms with Crippen LogP contribution in [0.15, 0.2) is 60.7 Å². The number of piperidine rings is 1. The third-order valence-electron chi connectivity index (χ3n) is 8.14. The van der Waals surface area contributed by atoms with E-state index in [4.69, 9.17) is 33.7 Å². The second-order valence-electron chi connectivity index (χ2n) is 10.4. The molecule has 1 fully saturated rings. The standard InChI is InChI=1S/C30H28Cl2N2O4/c31-24-13-20(12-21(27(24)32)18-2-1-3-19(11-18)22-14-25(35)28(22)36)29(37)34-8-6-30(7-9-34)16-38-26-5-4-17(15-33)10-23(26)30/h1-5,10-14,25,28,35-36H,6-9,15-16,33H2. The zero-order valence-corrected chi connectivity index (χ0v) is 22.2. The third kappa shape index (κ3) is 4.21. The van der Waals surface area contributed by atoms with E-state index in [1.165, 1.54) is 5.56 Å². The van der Waals surface area contributed by atoms with Crippen LogP contribution >= 0.6 is 23.2 Å². The topological polar surface area (TPSA) is 96.0 Å². The van der Waals surface area contributed by atoms with Gasteiger partial charge in [0.2, 0.25) is 0 Å². The molecule has 3 aliphatic rings. The first-order chi connectivity index (χ1) is 18.3. The number of aliphatic hydroxyl groups is 2. The van der Waals surface area contributed by atoms with Crippen molar-refractivity contribution in [3.8, 4) is 16.9 Å². The first kappa shape index (κ1) is 25.4. The number of carbonyl (C=O) groups is 1. The highest BCUT2D eigenvalue weighted by atomic mass is 35.5. The zero-order chi connectivity index (χ0) is 26.6. The molecule has 3 aromatic carbocycles. The molecule has 1 spiro atoms. The van der Waals surface area contributed by atoms with Gasteiger partial charge in [-0.3, -0.25) is 4.79 Å². The number of amides is 1. The summed E-state index contributed by atoms with van der Waals surface area (Å²) < 4.78 is 6.01. The van der Waals surface area contributed by atoms with Gasteiger partial charge in [-0.2, -0.15) is 0 Å². The molecular weight excluding hydrogens is 523 g/mol. The van der Waals surface area contributed by atoms with Crippen LogP contribution in [-0.4, -0.2) is 52.9 Å². The maximum atomic E-state index is 13.6. The van der Waals surface area contributed by atoms with Crippen LogP contribution in [0.25, 0.3) is 16.7 Å². The molecule has 8 heteroatoms. The van der Waals surface area contributed by atoms with Crippen molar-refractivity contribution in [2.75, 3.05) is 19.7 Å². The Bertz CT molecular complexity index is 1460. The van der Waals surface area contributed by atoms with E-state index in [0.29, 0.717) is 53.0 Å². The molecule has 4 N–H and O–H groups in total. The lowest BCUT2D eigenvalue weighted by Crippen LogP contribution is -2.46. The van der Waals surface area contributed by atoms with Gasteiger partial charge in [0.05, 0.1) is 16.7 Å². The number of nitrogens with two attached hydrogens (primary N) is 1. The third-order valence-corrected chi connectivity index (χ3v) is 8.94. The van der Waals surface area contributed by atoms with Crippen molar-refractivity contribution < 1.29 is 19.7 Å². The van der Waals surface area contributed by atoms with E-state index in [1.807, 2.05) is 41.3 Å². The molecule has 196 valence electrons. The van der Waals surface area contributed by atoms with Gasteiger partial charge < -0.3 is 25.6 Å². The maximum absolute atomic E-state index is 13.6. The molecule has 2 heterocycles. The summed E-state index contributed by atoms with van der Waals surface area (Å²) in [5.74, 6) is 0.823. The van der Waals surface area contributed by atoms with Gasteiger partial charge in [0.15, 0.2) is 0 Å². The van der Waals surface area contributed by atoms with E-state index in [0.717, 1.165) is 35.3 Å². The van der Waals surface area contributed by atoms with Crippen molar-refractivity contribution in [1.29, 1.82) is 0 Å². The number of hydrogen-bond donors (Lipinski definition) is 3. The molecular formula is C30H28Cl2N2O4. The van der Waals surface area contributed by atoms with Gasteiger partial charge in [0, 0.05) is 41.7 Å². The summed E-state index contributed by atoms with van der Waals surface area (Å²) in [4.78, 5) is 15.5. The lowest BCUT2D eigenvalue weighted by atomic mass is 9.74. The Hall–Kier alpha value is -2.87. The Balaban J connectivity index is 1.24. The number of benzene rings is 3. The molecule has 2 aliphatic heterocycles. The van der Waals surface area contributed by atoms with E-state index in [1.54, 1.807) is 18.2 Å². The average Bonchev–Trinajstić information content (AvgIpc) is 3.29. The summed E-state index contributed by atoms with van der Waals surface area (Å²) in [5.41, 5.74) is 11.4. The van der Waals surface area contributed by atoms with Gasteiger partial charge in [-0.25, -0.2) is 0 Å². The Kier molecular flexibility index (Phi) is 6.49. The first-order valence-electron chi connectivity index (χ1n) is 12.7. The minimum atomic E-state index is -0.918. The quantitative estimate of drug-likeness (QED) is 0.433. The highest BCUT2D eigenvalue weighted by molar-refractivity contribution is 6.44.